The molecule has 0 bridgehead atoms. The summed E-state index contributed by atoms with van der Waals surface area (Å²) in [5.74, 6) is 1.90. The van der Waals surface area contributed by atoms with Crippen LogP contribution in [0.1, 0.15) is 43.6 Å². The molecule has 4 rings (SSSR count). The molecule has 26 heavy (non-hydrogen) atoms. The Balaban J connectivity index is 1.69. The van der Waals surface area contributed by atoms with Gasteiger partial charge in [-0.1, -0.05) is 62.3 Å². The number of carbonyl (C=O) groups excluding carboxylic acids is 1. The van der Waals surface area contributed by atoms with E-state index in [1.54, 1.807) is 6.07 Å². The summed E-state index contributed by atoms with van der Waals surface area (Å²) in [6, 6.07) is 17.0. The Morgan fingerprint density at radius 1 is 1.00 bits per heavy atom. The fourth-order valence-electron chi connectivity index (χ4n) is 3.08. The molecule has 5 heteroatoms. The molecular weight excluding hydrogens is 328 g/mol. The van der Waals surface area contributed by atoms with Crippen LogP contribution in [-0.4, -0.2) is 11.1 Å². The van der Waals surface area contributed by atoms with E-state index in [1.807, 2.05) is 69.3 Å². The van der Waals surface area contributed by atoms with E-state index in [9.17, 15) is 4.79 Å². The van der Waals surface area contributed by atoms with Gasteiger partial charge in [-0.25, -0.2) is 0 Å². The molecule has 0 atom stereocenters. The smallest absolute Gasteiger partial charge is 0.237 e. The second kappa shape index (κ2) is 6.02. The fourth-order valence-corrected chi connectivity index (χ4v) is 3.08. The van der Waals surface area contributed by atoms with Crippen molar-refractivity contribution in [1.82, 2.24) is 5.16 Å². The molecule has 0 saturated carbocycles. The highest BCUT2D eigenvalue weighted by atomic mass is 16.5. The third-order valence-corrected chi connectivity index (χ3v) is 4.44. The molecule has 5 nitrogen and oxygen atoms in total. The molecule has 0 radical (unpaired) electrons. The van der Waals surface area contributed by atoms with Gasteiger partial charge in [0.1, 0.15) is 17.3 Å². The van der Waals surface area contributed by atoms with Gasteiger partial charge in [-0.15, -0.1) is 0 Å². The SMILES string of the molecule is CC(C)(C)c1cc(NC(=O)C2c3ccccc3Oc3ccccc32)no1. The molecule has 132 valence electrons. The second-order valence-electron chi connectivity index (χ2n) is 7.43. The Bertz CT molecular complexity index is 924. The number of rotatable bonds is 2. The summed E-state index contributed by atoms with van der Waals surface area (Å²) in [5.41, 5.74) is 1.50. The summed E-state index contributed by atoms with van der Waals surface area (Å²) in [7, 11) is 0. The van der Waals surface area contributed by atoms with Gasteiger partial charge in [0.05, 0.1) is 5.92 Å². The second-order valence-corrected chi connectivity index (χ2v) is 7.43. The van der Waals surface area contributed by atoms with Crippen molar-refractivity contribution in [2.75, 3.05) is 5.32 Å². The minimum absolute atomic E-state index is 0.165. The van der Waals surface area contributed by atoms with Crippen molar-refractivity contribution in [2.45, 2.75) is 32.1 Å². The predicted molar refractivity (Wildman–Crippen MR) is 98.6 cm³/mol. The van der Waals surface area contributed by atoms with Crippen molar-refractivity contribution >= 4 is 11.7 Å². The number of fused-ring (bicyclic) bond motifs is 2. The molecule has 1 aromatic heterocycles. The molecule has 2 aromatic carbocycles. The maximum Gasteiger partial charge on any atom is 0.237 e. The molecule has 1 aliphatic heterocycles. The van der Waals surface area contributed by atoms with Crippen LogP contribution in [0.5, 0.6) is 11.5 Å². The summed E-state index contributed by atoms with van der Waals surface area (Å²) in [6.45, 7) is 6.10. The molecule has 1 N–H and O–H groups in total. The van der Waals surface area contributed by atoms with Gasteiger partial charge in [-0.3, -0.25) is 4.79 Å². The van der Waals surface area contributed by atoms with E-state index in [-0.39, 0.29) is 11.3 Å². The van der Waals surface area contributed by atoms with Gasteiger partial charge in [-0.05, 0) is 12.1 Å². The lowest BCUT2D eigenvalue weighted by Crippen LogP contribution is -2.25. The average molecular weight is 348 g/mol. The van der Waals surface area contributed by atoms with Crippen LogP contribution in [0.3, 0.4) is 0 Å². The summed E-state index contributed by atoms with van der Waals surface area (Å²) in [4.78, 5) is 13.1. The number of para-hydroxylation sites is 2. The number of anilines is 1. The molecular formula is C21H20N2O3. The number of benzene rings is 2. The number of nitrogens with zero attached hydrogens (tertiary/aromatic N) is 1. The number of hydrogen-bond donors (Lipinski definition) is 1. The van der Waals surface area contributed by atoms with Gasteiger partial charge in [-0.2, -0.15) is 0 Å². The summed E-state index contributed by atoms with van der Waals surface area (Å²) < 4.78 is 11.3. The third-order valence-electron chi connectivity index (χ3n) is 4.44. The Morgan fingerprint density at radius 2 is 1.58 bits per heavy atom. The number of hydrogen-bond acceptors (Lipinski definition) is 4. The van der Waals surface area contributed by atoms with Crippen LogP contribution in [0, 0.1) is 0 Å². The molecule has 0 unspecified atom stereocenters. The van der Waals surface area contributed by atoms with Crippen LogP contribution in [0.15, 0.2) is 59.1 Å². The minimum atomic E-state index is -0.467. The predicted octanol–water partition coefficient (Wildman–Crippen LogP) is 4.85. The van der Waals surface area contributed by atoms with Crippen molar-refractivity contribution in [3.05, 3.63) is 71.5 Å². The molecule has 0 fully saturated rings. The highest BCUT2D eigenvalue weighted by molar-refractivity contribution is 5.99. The lowest BCUT2D eigenvalue weighted by atomic mass is 9.87. The largest absolute Gasteiger partial charge is 0.457 e. The third kappa shape index (κ3) is 2.86. The van der Waals surface area contributed by atoms with Crippen LogP contribution >= 0.6 is 0 Å². The molecule has 0 aliphatic carbocycles. The van der Waals surface area contributed by atoms with Gasteiger partial charge >= 0.3 is 0 Å². The first-order valence-electron chi connectivity index (χ1n) is 8.57. The van der Waals surface area contributed by atoms with E-state index < -0.39 is 5.92 Å². The van der Waals surface area contributed by atoms with Crippen molar-refractivity contribution in [3.63, 3.8) is 0 Å². The zero-order chi connectivity index (χ0) is 18.3. The summed E-state index contributed by atoms with van der Waals surface area (Å²) in [6.07, 6.45) is 0. The Hall–Kier alpha value is -3.08. The lowest BCUT2D eigenvalue weighted by molar-refractivity contribution is -0.116. The van der Waals surface area contributed by atoms with Crippen LogP contribution in [0.25, 0.3) is 0 Å². The van der Waals surface area contributed by atoms with Crippen molar-refractivity contribution < 1.29 is 14.1 Å². The fraction of sp³-hybridized carbons (Fsp3) is 0.238. The maximum atomic E-state index is 13.1. The van der Waals surface area contributed by atoms with E-state index in [0.29, 0.717) is 17.3 Å². The number of amides is 1. The minimum Gasteiger partial charge on any atom is -0.457 e. The first-order valence-corrected chi connectivity index (χ1v) is 8.57. The van der Waals surface area contributed by atoms with Crippen molar-refractivity contribution in [2.24, 2.45) is 0 Å². The van der Waals surface area contributed by atoms with Crippen molar-refractivity contribution in [1.29, 1.82) is 0 Å². The maximum absolute atomic E-state index is 13.1. The normalized spacial score (nSPS) is 13.5. The van der Waals surface area contributed by atoms with Gasteiger partial charge in [0.15, 0.2) is 5.82 Å². The molecule has 1 amide bonds. The standard InChI is InChI=1S/C21H20N2O3/c1-21(2,3)17-12-18(23-26-17)22-20(24)19-13-8-4-6-10-15(13)25-16-11-7-5-9-14(16)19/h4-12,19H,1-3H3,(H,22,23,24). The van der Waals surface area contributed by atoms with E-state index in [2.05, 4.69) is 10.5 Å². The highest BCUT2D eigenvalue weighted by Crippen LogP contribution is 2.44. The average Bonchev–Trinajstić information content (AvgIpc) is 3.08. The Morgan fingerprint density at radius 3 is 2.12 bits per heavy atom. The molecule has 1 aliphatic rings. The number of nitrogens with one attached hydrogen (secondary N) is 1. The van der Waals surface area contributed by atoms with E-state index in [0.717, 1.165) is 16.9 Å². The zero-order valence-corrected chi connectivity index (χ0v) is 14.9. The number of aromatic nitrogens is 1. The van der Waals surface area contributed by atoms with Crippen LogP contribution in [0.4, 0.5) is 5.82 Å². The van der Waals surface area contributed by atoms with E-state index in [1.165, 1.54) is 0 Å². The van der Waals surface area contributed by atoms with Gasteiger partial charge in [0.2, 0.25) is 5.91 Å². The molecule has 2 heterocycles. The molecule has 0 spiro atoms. The summed E-state index contributed by atoms with van der Waals surface area (Å²) >= 11 is 0. The van der Waals surface area contributed by atoms with Gasteiger partial charge in [0.25, 0.3) is 0 Å². The van der Waals surface area contributed by atoms with E-state index in [4.69, 9.17) is 9.26 Å². The quantitative estimate of drug-likeness (QED) is 0.719. The first-order chi connectivity index (χ1) is 12.4. The van der Waals surface area contributed by atoms with E-state index >= 15 is 0 Å². The van der Waals surface area contributed by atoms with Crippen LogP contribution < -0.4 is 10.1 Å². The monoisotopic (exact) mass is 348 g/mol. The molecule has 0 saturated heterocycles. The van der Waals surface area contributed by atoms with Crippen molar-refractivity contribution in [3.8, 4) is 11.5 Å². The Labute approximate surface area is 152 Å². The lowest BCUT2D eigenvalue weighted by Gasteiger charge is -2.27. The van der Waals surface area contributed by atoms with Gasteiger partial charge in [0, 0.05) is 22.6 Å². The number of ether oxygens (including phenoxy) is 1. The number of carbonyl (C=O) groups is 1. The topological polar surface area (TPSA) is 64.4 Å². The zero-order valence-electron chi connectivity index (χ0n) is 14.9. The van der Waals surface area contributed by atoms with Crippen LogP contribution in [0.2, 0.25) is 0 Å². The molecule has 3 aromatic rings. The first kappa shape index (κ1) is 16.4. The Kier molecular flexibility index (Phi) is 3.80. The van der Waals surface area contributed by atoms with Crippen LogP contribution in [-0.2, 0) is 10.2 Å². The van der Waals surface area contributed by atoms with Gasteiger partial charge < -0.3 is 14.6 Å². The highest BCUT2D eigenvalue weighted by Gasteiger charge is 2.33. The summed E-state index contributed by atoms with van der Waals surface area (Å²) in [5, 5.41) is 6.88.